The average Bonchev–Trinajstić information content (AvgIpc) is 2.53. The minimum absolute atomic E-state index is 0.000000000000000666. The molecule has 1 fully saturated rings. The third-order valence-corrected chi connectivity index (χ3v) is 2.51. The van der Waals surface area contributed by atoms with Crippen LogP contribution in [0.15, 0.2) is 0 Å². The molecule has 68 valence electrons. The Morgan fingerprint density at radius 1 is 1.25 bits per heavy atom. The van der Waals surface area contributed by atoms with Crippen molar-refractivity contribution in [1.29, 1.82) is 0 Å². The van der Waals surface area contributed by atoms with Crippen LogP contribution < -0.4 is 0 Å². The highest BCUT2D eigenvalue weighted by atomic mass is 16.2. The summed E-state index contributed by atoms with van der Waals surface area (Å²) in [5.74, 6) is -0.0502. The summed E-state index contributed by atoms with van der Waals surface area (Å²) in [5, 5.41) is 0. The van der Waals surface area contributed by atoms with E-state index in [1.807, 2.05) is 0 Å². The lowest BCUT2D eigenvalue weighted by atomic mass is 10.1. The zero-order valence-electron chi connectivity index (χ0n) is 7.67. The fourth-order valence-corrected chi connectivity index (χ4v) is 1.60. The minimum Gasteiger partial charge on any atom is -0.286 e. The van der Waals surface area contributed by atoms with Crippen LogP contribution in [-0.4, -0.2) is 23.8 Å². The average molecular weight is 169 g/mol. The molecule has 0 bridgehead atoms. The van der Waals surface area contributed by atoms with Gasteiger partial charge in [-0.1, -0.05) is 12.8 Å². The van der Waals surface area contributed by atoms with Gasteiger partial charge in [-0.25, -0.2) is 0 Å². The van der Waals surface area contributed by atoms with Crippen LogP contribution in [0.1, 0.15) is 32.6 Å². The van der Waals surface area contributed by atoms with Gasteiger partial charge in [0.05, 0.1) is 0 Å². The van der Waals surface area contributed by atoms with E-state index in [2.05, 4.69) is 0 Å². The number of hydrogen-bond acceptors (Lipinski definition) is 2. The van der Waals surface area contributed by atoms with Crippen molar-refractivity contribution in [1.82, 2.24) is 4.90 Å². The first kappa shape index (κ1) is 9.23. The van der Waals surface area contributed by atoms with Crippen molar-refractivity contribution in [3.63, 3.8) is 0 Å². The van der Waals surface area contributed by atoms with Gasteiger partial charge in [-0.05, 0) is 12.8 Å². The maximum Gasteiger partial charge on any atom is 0.232 e. The van der Waals surface area contributed by atoms with Gasteiger partial charge in [0, 0.05) is 19.9 Å². The molecule has 0 radical (unpaired) electrons. The summed E-state index contributed by atoms with van der Waals surface area (Å²) in [7, 11) is 1.56. The lowest BCUT2D eigenvalue weighted by Gasteiger charge is -2.16. The number of nitrogens with zero attached hydrogens (tertiary/aromatic N) is 1. The Labute approximate surface area is 72.7 Å². The zero-order chi connectivity index (χ0) is 9.14. The van der Waals surface area contributed by atoms with Gasteiger partial charge in [0.25, 0.3) is 0 Å². The van der Waals surface area contributed by atoms with Crippen molar-refractivity contribution >= 4 is 11.8 Å². The molecule has 2 amide bonds. The number of amides is 2. The number of rotatable bonds is 1. The van der Waals surface area contributed by atoms with Gasteiger partial charge < -0.3 is 0 Å². The molecule has 0 aromatic carbocycles. The standard InChI is InChI=1S/C9H15NO2/c1-7(11)10(2)9(12)8-5-3-4-6-8/h8H,3-6H2,1-2H3. The van der Waals surface area contributed by atoms with Gasteiger partial charge in [-0.3, -0.25) is 14.5 Å². The van der Waals surface area contributed by atoms with Crippen LogP contribution in [-0.2, 0) is 9.59 Å². The summed E-state index contributed by atoms with van der Waals surface area (Å²) in [6.45, 7) is 1.42. The summed E-state index contributed by atoms with van der Waals surface area (Å²) in [6.07, 6.45) is 4.16. The molecule has 0 unspecified atom stereocenters. The Morgan fingerprint density at radius 3 is 2.17 bits per heavy atom. The largest absolute Gasteiger partial charge is 0.286 e. The minimum atomic E-state index is -0.160. The Balaban J connectivity index is 2.51. The summed E-state index contributed by atoms with van der Waals surface area (Å²) in [5.41, 5.74) is 0. The first-order valence-corrected chi connectivity index (χ1v) is 4.41. The van der Waals surface area contributed by atoms with Gasteiger partial charge in [0.1, 0.15) is 0 Å². The molecule has 0 aliphatic heterocycles. The molecule has 1 saturated carbocycles. The summed E-state index contributed by atoms with van der Waals surface area (Å²) < 4.78 is 0. The smallest absolute Gasteiger partial charge is 0.232 e. The van der Waals surface area contributed by atoms with Crippen LogP contribution in [0.3, 0.4) is 0 Å². The lowest BCUT2D eigenvalue weighted by molar-refractivity contribution is -0.144. The SMILES string of the molecule is CC(=O)N(C)C(=O)C1CCCC1. The molecule has 1 aliphatic carbocycles. The molecule has 3 heteroatoms. The van der Waals surface area contributed by atoms with E-state index >= 15 is 0 Å². The Hall–Kier alpha value is -0.860. The first-order chi connectivity index (χ1) is 5.63. The van der Waals surface area contributed by atoms with Crippen molar-refractivity contribution in [3.05, 3.63) is 0 Å². The van der Waals surface area contributed by atoms with E-state index in [1.54, 1.807) is 7.05 Å². The molecule has 0 spiro atoms. The molecule has 0 heterocycles. The molecule has 0 N–H and O–H groups in total. The second-order valence-electron chi connectivity index (χ2n) is 3.40. The number of carbonyl (C=O) groups excluding carboxylic acids is 2. The monoisotopic (exact) mass is 169 g/mol. The van der Waals surface area contributed by atoms with E-state index < -0.39 is 0 Å². The van der Waals surface area contributed by atoms with Gasteiger partial charge in [-0.2, -0.15) is 0 Å². The van der Waals surface area contributed by atoms with Crippen molar-refractivity contribution < 1.29 is 9.59 Å². The molecule has 0 saturated heterocycles. The van der Waals surface area contributed by atoms with E-state index in [-0.39, 0.29) is 17.7 Å². The van der Waals surface area contributed by atoms with Crippen LogP contribution in [0.5, 0.6) is 0 Å². The lowest BCUT2D eigenvalue weighted by Crippen LogP contribution is -2.35. The molecular formula is C9H15NO2. The topological polar surface area (TPSA) is 37.4 Å². The molecular weight excluding hydrogens is 154 g/mol. The first-order valence-electron chi connectivity index (χ1n) is 4.41. The van der Waals surface area contributed by atoms with Crippen LogP contribution in [0.2, 0.25) is 0 Å². The van der Waals surface area contributed by atoms with Crippen LogP contribution >= 0.6 is 0 Å². The molecule has 0 aromatic heterocycles. The molecule has 0 atom stereocenters. The molecule has 3 nitrogen and oxygen atoms in total. The maximum atomic E-state index is 11.5. The van der Waals surface area contributed by atoms with Crippen molar-refractivity contribution in [2.24, 2.45) is 5.92 Å². The zero-order valence-corrected chi connectivity index (χ0v) is 7.67. The predicted molar refractivity (Wildman–Crippen MR) is 45.4 cm³/mol. The number of imide groups is 1. The third-order valence-electron chi connectivity index (χ3n) is 2.51. The Morgan fingerprint density at radius 2 is 1.75 bits per heavy atom. The summed E-state index contributed by atoms with van der Waals surface area (Å²) >= 11 is 0. The van der Waals surface area contributed by atoms with Crippen LogP contribution in [0.25, 0.3) is 0 Å². The van der Waals surface area contributed by atoms with Gasteiger partial charge in [0.15, 0.2) is 0 Å². The highest BCUT2D eigenvalue weighted by molar-refractivity contribution is 5.94. The van der Waals surface area contributed by atoms with Gasteiger partial charge in [0.2, 0.25) is 11.8 Å². The van der Waals surface area contributed by atoms with Crippen molar-refractivity contribution in [2.75, 3.05) is 7.05 Å². The molecule has 1 aliphatic rings. The summed E-state index contributed by atoms with van der Waals surface area (Å²) in [6, 6.07) is 0. The Kier molecular flexibility index (Phi) is 2.84. The van der Waals surface area contributed by atoms with E-state index in [1.165, 1.54) is 11.8 Å². The highest BCUT2D eigenvalue weighted by Gasteiger charge is 2.26. The van der Waals surface area contributed by atoms with E-state index in [0.717, 1.165) is 25.7 Å². The van der Waals surface area contributed by atoms with Crippen molar-refractivity contribution in [3.8, 4) is 0 Å². The quantitative estimate of drug-likeness (QED) is 0.591. The third kappa shape index (κ3) is 1.84. The molecule has 12 heavy (non-hydrogen) atoms. The van der Waals surface area contributed by atoms with Crippen LogP contribution in [0.4, 0.5) is 0 Å². The fourth-order valence-electron chi connectivity index (χ4n) is 1.60. The van der Waals surface area contributed by atoms with Gasteiger partial charge >= 0.3 is 0 Å². The van der Waals surface area contributed by atoms with Crippen LogP contribution in [0, 0.1) is 5.92 Å². The number of hydrogen-bond donors (Lipinski definition) is 0. The highest BCUT2D eigenvalue weighted by Crippen LogP contribution is 2.26. The second kappa shape index (κ2) is 3.70. The Bertz CT molecular complexity index is 195. The van der Waals surface area contributed by atoms with E-state index in [4.69, 9.17) is 0 Å². The predicted octanol–water partition coefficient (Wildman–Crippen LogP) is 1.18. The fraction of sp³-hybridized carbons (Fsp3) is 0.778. The number of carbonyl (C=O) groups is 2. The van der Waals surface area contributed by atoms with Gasteiger partial charge in [-0.15, -0.1) is 0 Å². The van der Waals surface area contributed by atoms with Crippen molar-refractivity contribution in [2.45, 2.75) is 32.6 Å². The maximum absolute atomic E-state index is 11.5. The normalized spacial score (nSPS) is 17.8. The molecule has 0 aromatic rings. The molecule has 1 rings (SSSR count). The van der Waals surface area contributed by atoms with E-state index in [9.17, 15) is 9.59 Å². The second-order valence-corrected chi connectivity index (χ2v) is 3.40. The van der Waals surface area contributed by atoms with E-state index in [0.29, 0.717) is 0 Å². The summed E-state index contributed by atoms with van der Waals surface area (Å²) in [4.78, 5) is 23.6.